The van der Waals surface area contributed by atoms with E-state index in [9.17, 15) is 5.26 Å². The van der Waals surface area contributed by atoms with Crippen LogP contribution in [-0.2, 0) is 5.41 Å². The molecule has 2 aromatic carbocycles. The summed E-state index contributed by atoms with van der Waals surface area (Å²) >= 11 is 0. The fraction of sp³-hybridized carbons (Fsp3) is 0.480. The van der Waals surface area contributed by atoms with Crippen LogP contribution in [0.4, 0.5) is 0 Å². The Labute approximate surface area is 164 Å². The van der Waals surface area contributed by atoms with Gasteiger partial charge in [0, 0.05) is 12.3 Å². The third kappa shape index (κ3) is 3.30. The van der Waals surface area contributed by atoms with Crippen molar-refractivity contribution in [3.8, 4) is 6.07 Å². The summed E-state index contributed by atoms with van der Waals surface area (Å²) in [5, 5.41) is 10.5. The second kappa shape index (κ2) is 7.13. The molecule has 27 heavy (non-hydrogen) atoms. The highest BCUT2D eigenvalue weighted by atomic mass is 15.3. The maximum atomic E-state index is 10.5. The normalized spacial score (nSPS) is 26.9. The summed E-state index contributed by atoms with van der Waals surface area (Å²) in [4.78, 5) is 0. The second-order valence-electron chi connectivity index (χ2n) is 9.26. The lowest BCUT2D eigenvalue weighted by Crippen LogP contribution is -2.54. The van der Waals surface area contributed by atoms with Gasteiger partial charge in [-0.3, -0.25) is 0 Å². The van der Waals surface area contributed by atoms with E-state index in [1.165, 1.54) is 32.2 Å². The molecule has 1 aliphatic heterocycles. The van der Waals surface area contributed by atoms with Gasteiger partial charge in [0.1, 0.15) is 5.41 Å². The van der Waals surface area contributed by atoms with Gasteiger partial charge < -0.3 is 4.48 Å². The number of likely N-dealkylation sites (tertiary alicyclic amines) is 1. The van der Waals surface area contributed by atoms with Crippen LogP contribution in [0.25, 0.3) is 0 Å². The summed E-state index contributed by atoms with van der Waals surface area (Å²) in [6, 6.07) is 24.4. The average Bonchev–Trinajstić information content (AvgIpc) is 3.12. The molecule has 0 amide bonds. The van der Waals surface area contributed by atoms with Gasteiger partial charge in [-0.15, -0.1) is 0 Å². The third-order valence-corrected chi connectivity index (χ3v) is 7.28. The van der Waals surface area contributed by atoms with Crippen LogP contribution in [-0.4, -0.2) is 31.2 Å². The fourth-order valence-corrected chi connectivity index (χ4v) is 5.93. The molecule has 2 aliphatic rings. The number of hydrogen-bond acceptors (Lipinski definition) is 1. The smallest absolute Gasteiger partial charge is 0.107 e. The third-order valence-electron chi connectivity index (χ3n) is 7.28. The summed E-state index contributed by atoms with van der Waals surface area (Å²) in [5.41, 5.74) is 1.74. The van der Waals surface area contributed by atoms with E-state index in [2.05, 4.69) is 68.7 Å². The summed E-state index contributed by atoms with van der Waals surface area (Å²) in [6.45, 7) is 1.30. The van der Waals surface area contributed by atoms with E-state index in [1.54, 1.807) is 0 Å². The molecule has 1 saturated carbocycles. The Kier molecular flexibility index (Phi) is 4.82. The molecular weight excluding hydrogens is 328 g/mol. The van der Waals surface area contributed by atoms with Crippen molar-refractivity contribution in [3.05, 3.63) is 71.8 Å². The zero-order valence-electron chi connectivity index (χ0n) is 16.6. The molecule has 3 atom stereocenters. The number of piperidine rings is 1. The zero-order valence-corrected chi connectivity index (χ0v) is 16.6. The minimum absolute atomic E-state index is 0.544. The molecule has 1 unspecified atom stereocenters. The number of hydrogen-bond donors (Lipinski definition) is 0. The van der Waals surface area contributed by atoms with Gasteiger partial charge >= 0.3 is 0 Å². The number of rotatable bonds is 4. The van der Waals surface area contributed by atoms with E-state index in [1.807, 2.05) is 12.1 Å². The van der Waals surface area contributed by atoms with Crippen molar-refractivity contribution < 1.29 is 4.48 Å². The fourth-order valence-electron chi connectivity index (χ4n) is 5.93. The van der Waals surface area contributed by atoms with Gasteiger partial charge in [-0.05, 0) is 42.7 Å². The summed E-state index contributed by atoms with van der Waals surface area (Å²) in [6.07, 6.45) is 6.21. The molecule has 1 heterocycles. The van der Waals surface area contributed by atoms with Crippen LogP contribution in [0.2, 0.25) is 0 Å². The Morgan fingerprint density at radius 2 is 1.56 bits per heavy atom. The average molecular weight is 360 g/mol. The Bertz CT molecular complexity index is 764. The van der Waals surface area contributed by atoms with Crippen molar-refractivity contribution in [1.82, 2.24) is 0 Å². The van der Waals surface area contributed by atoms with Crippen LogP contribution in [0.3, 0.4) is 0 Å². The molecule has 0 radical (unpaired) electrons. The van der Waals surface area contributed by atoms with Crippen molar-refractivity contribution in [2.45, 2.75) is 43.6 Å². The predicted octanol–water partition coefficient (Wildman–Crippen LogP) is 5.15. The van der Waals surface area contributed by atoms with Gasteiger partial charge in [0.15, 0.2) is 0 Å². The van der Waals surface area contributed by atoms with Gasteiger partial charge in [-0.2, -0.15) is 5.26 Å². The van der Waals surface area contributed by atoms with Crippen molar-refractivity contribution in [3.63, 3.8) is 0 Å². The first-order valence-corrected chi connectivity index (χ1v) is 10.4. The van der Waals surface area contributed by atoms with Crippen LogP contribution in [0.5, 0.6) is 0 Å². The largest absolute Gasteiger partial charge is 0.326 e. The summed E-state index contributed by atoms with van der Waals surface area (Å²) < 4.78 is 1.16. The van der Waals surface area contributed by atoms with Crippen molar-refractivity contribution in [1.29, 1.82) is 5.26 Å². The molecule has 0 bridgehead atoms. The van der Waals surface area contributed by atoms with Gasteiger partial charge in [0.2, 0.25) is 0 Å². The topological polar surface area (TPSA) is 23.8 Å². The Morgan fingerprint density at radius 1 is 0.963 bits per heavy atom. The van der Waals surface area contributed by atoms with Crippen LogP contribution in [0, 0.1) is 23.2 Å². The molecule has 1 saturated heterocycles. The van der Waals surface area contributed by atoms with Gasteiger partial charge in [0.25, 0.3) is 0 Å². The molecule has 0 spiro atoms. The minimum Gasteiger partial charge on any atom is -0.326 e. The molecule has 2 nitrogen and oxygen atoms in total. The number of benzene rings is 2. The van der Waals surface area contributed by atoms with Crippen molar-refractivity contribution in [2.75, 3.05) is 20.6 Å². The van der Waals surface area contributed by atoms with Crippen LogP contribution < -0.4 is 0 Å². The lowest BCUT2D eigenvalue weighted by molar-refractivity contribution is -0.923. The molecule has 140 valence electrons. The Morgan fingerprint density at radius 3 is 2.07 bits per heavy atom. The van der Waals surface area contributed by atoms with E-state index in [-0.39, 0.29) is 0 Å². The van der Waals surface area contributed by atoms with Gasteiger partial charge in [0.05, 0.1) is 32.8 Å². The summed E-state index contributed by atoms with van der Waals surface area (Å²) in [5.74, 6) is 1.46. The van der Waals surface area contributed by atoms with Crippen LogP contribution in [0.1, 0.15) is 43.2 Å². The lowest BCUT2D eigenvalue weighted by Gasteiger charge is -2.43. The molecule has 0 aromatic heterocycles. The first-order valence-electron chi connectivity index (χ1n) is 10.4. The highest BCUT2D eigenvalue weighted by Gasteiger charge is 2.48. The molecule has 1 aliphatic carbocycles. The molecule has 0 N–H and O–H groups in total. The first kappa shape index (κ1) is 18.3. The van der Waals surface area contributed by atoms with Gasteiger partial charge in [-0.1, -0.05) is 60.7 Å². The second-order valence-corrected chi connectivity index (χ2v) is 9.26. The van der Waals surface area contributed by atoms with Crippen LogP contribution in [0.15, 0.2) is 60.7 Å². The monoisotopic (exact) mass is 359 g/mol. The lowest BCUT2D eigenvalue weighted by atomic mass is 9.69. The van der Waals surface area contributed by atoms with Gasteiger partial charge in [-0.25, -0.2) is 0 Å². The highest BCUT2D eigenvalue weighted by molar-refractivity contribution is 5.46. The standard InChI is InChI=1S/C25H31N2/c1-27(2)15-9-10-21-16-20(17-24(21)27)18-25(19-26,22-11-5-3-6-12-22)23-13-7-4-8-14-23/h3-8,11-14,20-21,24H,9-10,15-18H2,1-2H3/q+1/t20-,21?,24+/m1/s1. The Hall–Kier alpha value is -2.11. The number of nitrogens with zero attached hydrogens (tertiary/aromatic N) is 2. The van der Waals surface area contributed by atoms with Crippen molar-refractivity contribution >= 4 is 0 Å². The minimum atomic E-state index is -0.544. The highest BCUT2D eigenvalue weighted by Crippen LogP contribution is 2.48. The summed E-state index contributed by atoms with van der Waals surface area (Å²) in [7, 11) is 4.82. The van der Waals surface area contributed by atoms with E-state index in [4.69, 9.17) is 0 Å². The maximum Gasteiger partial charge on any atom is 0.107 e. The van der Waals surface area contributed by atoms with E-state index >= 15 is 0 Å². The molecular formula is C25H31N2+. The van der Waals surface area contributed by atoms with E-state index in [0.717, 1.165) is 34.0 Å². The maximum absolute atomic E-state index is 10.5. The van der Waals surface area contributed by atoms with Crippen LogP contribution >= 0.6 is 0 Å². The number of nitriles is 1. The first-order chi connectivity index (χ1) is 13.0. The molecule has 2 heteroatoms. The zero-order chi connectivity index (χ0) is 18.9. The number of fused-ring (bicyclic) bond motifs is 1. The predicted molar refractivity (Wildman–Crippen MR) is 110 cm³/mol. The Balaban J connectivity index is 1.68. The molecule has 2 aromatic rings. The molecule has 2 fully saturated rings. The van der Waals surface area contributed by atoms with Crippen molar-refractivity contribution in [2.24, 2.45) is 11.8 Å². The quantitative estimate of drug-likeness (QED) is 0.693. The molecule has 4 rings (SSSR count). The van der Waals surface area contributed by atoms with E-state index < -0.39 is 5.41 Å². The SMILES string of the molecule is C[N+]1(C)CCCC2C[C@@H](CC(C#N)(c3ccccc3)c3ccccc3)C[C@@H]21. The van der Waals surface area contributed by atoms with E-state index in [0.29, 0.717) is 5.92 Å². The number of quaternary nitrogens is 1.